The molecule has 0 N–H and O–H groups in total. The van der Waals surface area contributed by atoms with Gasteiger partial charge in [-0.05, 0) is 59.7 Å². The zero-order valence-electron chi connectivity index (χ0n) is 13.2. The highest BCUT2D eigenvalue weighted by atomic mass is 127. The average molecular weight is 463 g/mol. The summed E-state index contributed by atoms with van der Waals surface area (Å²) in [6.45, 7) is 5.19. The van der Waals surface area contributed by atoms with Crippen LogP contribution in [0, 0.1) is 3.57 Å². The first kappa shape index (κ1) is 18.5. The Balaban J connectivity index is 2.34. The molecule has 1 aliphatic heterocycles. The van der Waals surface area contributed by atoms with Crippen molar-refractivity contribution in [2.75, 3.05) is 20.3 Å². The maximum absolute atomic E-state index is 12.4. The molecular weight excluding hydrogens is 445 g/mol. The molecule has 1 aromatic rings. The van der Waals surface area contributed by atoms with Crippen molar-refractivity contribution in [1.29, 1.82) is 0 Å². The average Bonchev–Trinajstić information content (AvgIpc) is 2.77. The number of halogens is 1. The Hall–Kier alpha value is -0.800. The number of hydrogen-bond acceptors (Lipinski definition) is 5. The van der Waals surface area contributed by atoms with Crippen LogP contribution >= 0.6 is 46.6 Å². The second-order valence-corrected chi connectivity index (χ2v) is 7.64. The Bertz CT molecular complexity index is 661. The monoisotopic (exact) mass is 463 g/mol. The number of nitrogens with zero attached hydrogens (tertiary/aromatic N) is 1. The fourth-order valence-corrected chi connectivity index (χ4v) is 4.26. The maximum atomic E-state index is 12.4. The summed E-state index contributed by atoms with van der Waals surface area (Å²) < 4.78 is 12.6. The van der Waals surface area contributed by atoms with Gasteiger partial charge in [0.25, 0.3) is 5.91 Å². The van der Waals surface area contributed by atoms with Crippen LogP contribution in [0.1, 0.15) is 25.8 Å². The van der Waals surface area contributed by atoms with Gasteiger partial charge in [0, 0.05) is 6.54 Å². The molecule has 0 aromatic heterocycles. The Morgan fingerprint density at radius 3 is 2.74 bits per heavy atom. The van der Waals surface area contributed by atoms with Crippen molar-refractivity contribution in [3.63, 3.8) is 0 Å². The van der Waals surface area contributed by atoms with E-state index in [1.807, 2.05) is 32.1 Å². The van der Waals surface area contributed by atoms with Gasteiger partial charge in [-0.25, -0.2) is 0 Å². The number of benzene rings is 1. The molecule has 0 radical (unpaired) electrons. The van der Waals surface area contributed by atoms with Crippen molar-refractivity contribution in [1.82, 2.24) is 4.90 Å². The number of carbonyl (C=O) groups is 1. The van der Waals surface area contributed by atoms with Crippen molar-refractivity contribution in [2.24, 2.45) is 0 Å². The fraction of sp³-hybridized carbons (Fsp3) is 0.375. The molecule has 0 aliphatic carbocycles. The van der Waals surface area contributed by atoms with E-state index in [1.54, 1.807) is 12.0 Å². The highest BCUT2D eigenvalue weighted by Crippen LogP contribution is 2.37. The topological polar surface area (TPSA) is 38.8 Å². The summed E-state index contributed by atoms with van der Waals surface area (Å²) in [5.41, 5.74) is 0.895. The molecule has 4 nitrogen and oxygen atoms in total. The van der Waals surface area contributed by atoms with Gasteiger partial charge in [0.15, 0.2) is 11.5 Å². The molecule has 0 saturated carbocycles. The lowest BCUT2D eigenvalue weighted by Gasteiger charge is -2.13. The second kappa shape index (κ2) is 8.34. The van der Waals surface area contributed by atoms with Crippen LogP contribution in [-0.2, 0) is 4.79 Å². The minimum Gasteiger partial charge on any atom is -0.493 e. The summed E-state index contributed by atoms with van der Waals surface area (Å²) in [7, 11) is 1.61. The lowest BCUT2D eigenvalue weighted by Crippen LogP contribution is -2.28. The first-order chi connectivity index (χ1) is 11.0. The summed E-state index contributed by atoms with van der Waals surface area (Å²) in [6, 6.07) is 3.85. The number of thiocarbonyl (C=S) groups is 1. The lowest BCUT2D eigenvalue weighted by atomic mass is 10.2. The number of rotatable bonds is 6. The molecule has 1 heterocycles. The number of thioether (sulfide) groups is 1. The molecule has 0 unspecified atom stereocenters. The van der Waals surface area contributed by atoms with Crippen molar-refractivity contribution in [3.8, 4) is 11.5 Å². The highest BCUT2D eigenvalue weighted by Gasteiger charge is 2.31. The largest absolute Gasteiger partial charge is 0.493 e. The first-order valence-corrected chi connectivity index (χ1v) is 9.57. The predicted molar refractivity (Wildman–Crippen MR) is 107 cm³/mol. The normalized spacial score (nSPS) is 16.3. The minimum atomic E-state index is -0.0234. The van der Waals surface area contributed by atoms with Gasteiger partial charge >= 0.3 is 0 Å². The van der Waals surface area contributed by atoms with E-state index in [4.69, 9.17) is 21.7 Å². The highest BCUT2D eigenvalue weighted by molar-refractivity contribution is 14.1. The zero-order chi connectivity index (χ0) is 17.0. The summed E-state index contributed by atoms with van der Waals surface area (Å²) in [6.07, 6.45) is 2.74. The molecule has 1 fully saturated rings. The number of ether oxygens (including phenoxy) is 2. The molecule has 124 valence electrons. The van der Waals surface area contributed by atoms with Crippen LogP contribution in [0.4, 0.5) is 0 Å². The predicted octanol–water partition coefficient (Wildman–Crippen LogP) is 4.31. The van der Waals surface area contributed by atoms with Crippen LogP contribution in [0.25, 0.3) is 6.08 Å². The third-order valence-electron chi connectivity index (χ3n) is 3.16. The van der Waals surface area contributed by atoms with Gasteiger partial charge in [-0.1, -0.05) is 30.9 Å². The molecule has 1 aliphatic rings. The van der Waals surface area contributed by atoms with Crippen molar-refractivity contribution in [3.05, 3.63) is 26.2 Å². The van der Waals surface area contributed by atoms with Crippen LogP contribution in [-0.4, -0.2) is 35.4 Å². The number of methoxy groups -OCH3 is 1. The van der Waals surface area contributed by atoms with Gasteiger partial charge in [-0.2, -0.15) is 0 Å². The number of amides is 1. The second-order valence-electron chi connectivity index (χ2n) is 4.80. The maximum Gasteiger partial charge on any atom is 0.266 e. The van der Waals surface area contributed by atoms with E-state index in [-0.39, 0.29) is 5.91 Å². The SMILES string of the molecule is CCCN1C(=O)/C(=C/c2cc(I)c(OCC)c(OC)c2)SC1=S. The summed E-state index contributed by atoms with van der Waals surface area (Å²) >= 11 is 8.84. The molecule has 0 bridgehead atoms. The number of carbonyl (C=O) groups excluding carboxylic acids is 1. The van der Waals surface area contributed by atoms with Crippen LogP contribution in [0.5, 0.6) is 11.5 Å². The van der Waals surface area contributed by atoms with E-state index < -0.39 is 0 Å². The van der Waals surface area contributed by atoms with E-state index in [1.165, 1.54) is 11.8 Å². The molecule has 23 heavy (non-hydrogen) atoms. The Labute approximate surface area is 159 Å². The van der Waals surface area contributed by atoms with Gasteiger partial charge in [0.2, 0.25) is 0 Å². The van der Waals surface area contributed by atoms with Gasteiger partial charge in [-0.3, -0.25) is 9.69 Å². The van der Waals surface area contributed by atoms with Crippen LogP contribution in [0.3, 0.4) is 0 Å². The summed E-state index contributed by atoms with van der Waals surface area (Å²) in [5.74, 6) is 1.37. The Morgan fingerprint density at radius 1 is 1.39 bits per heavy atom. The van der Waals surface area contributed by atoms with E-state index in [0.29, 0.717) is 28.1 Å². The van der Waals surface area contributed by atoms with Crippen molar-refractivity contribution in [2.45, 2.75) is 20.3 Å². The molecule has 2 rings (SSSR count). The van der Waals surface area contributed by atoms with Gasteiger partial charge < -0.3 is 9.47 Å². The zero-order valence-corrected chi connectivity index (χ0v) is 17.0. The molecule has 1 aromatic carbocycles. The molecular formula is C16H18INO3S2. The molecule has 7 heteroatoms. The van der Waals surface area contributed by atoms with Crippen molar-refractivity contribution < 1.29 is 14.3 Å². The molecule has 0 atom stereocenters. The smallest absolute Gasteiger partial charge is 0.266 e. The number of hydrogen-bond donors (Lipinski definition) is 0. The van der Waals surface area contributed by atoms with Gasteiger partial charge in [0.1, 0.15) is 4.32 Å². The molecule has 1 saturated heterocycles. The fourth-order valence-electron chi connectivity index (χ4n) is 2.18. The van der Waals surface area contributed by atoms with E-state index >= 15 is 0 Å². The van der Waals surface area contributed by atoms with Crippen LogP contribution in [0.15, 0.2) is 17.0 Å². The van der Waals surface area contributed by atoms with E-state index in [9.17, 15) is 4.79 Å². The Kier molecular flexibility index (Phi) is 6.72. The Morgan fingerprint density at radius 2 is 2.13 bits per heavy atom. The third-order valence-corrected chi connectivity index (χ3v) is 5.34. The lowest BCUT2D eigenvalue weighted by molar-refractivity contribution is -0.122. The van der Waals surface area contributed by atoms with Crippen LogP contribution < -0.4 is 9.47 Å². The van der Waals surface area contributed by atoms with Gasteiger partial charge in [0.05, 0.1) is 22.2 Å². The van der Waals surface area contributed by atoms with Crippen molar-refractivity contribution >= 4 is 62.9 Å². The van der Waals surface area contributed by atoms with E-state index in [0.717, 1.165) is 21.3 Å². The molecule has 0 spiro atoms. The quantitative estimate of drug-likeness (QED) is 0.357. The first-order valence-electron chi connectivity index (χ1n) is 7.27. The third kappa shape index (κ3) is 4.19. The van der Waals surface area contributed by atoms with Gasteiger partial charge in [-0.15, -0.1) is 0 Å². The van der Waals surface area contributed by atoms with Crippen LogP contribution in [0.2, 0.25) is 0 Å². The van der Waals surface area contributed by atoms with E-state index in [2.05, 4.69) is 22.6 Å². The summed E-state index contributed by atoms with van der Waals surface area (Å²) in [4.78, 5) is 14.7. The standard InChI is InChI=1S/C16H18INO3S2/c1-4-6-18-15(19)13(23-16(18)22)9-10-7-11(17)14(21-5-2)12(8-10)20-3/h7-9H,4-6H2,1-3H3/b13-9-. The minimum absolute atomic E-state index is 0.0234. The summed E-state index contributed by atoms with van der Waals surface area (Å²) in [5, 5.41) is 0. The molecule has 1 amide bonds.